The number of pyridine rings is 2. The Kier molecular flexibility index (Phi) is 5.00. The van der Waals surface area contributed by atoms with Crippen molar-refractivity contribution in [1.82, 2.24) is 9.97 Å². The van der Waals surface area contributed by atoms with Crippen LogP contribution in [0.4, 0.5) is 5.69 Å². The largest absolute Gasteiger partial charge is 0.380 e. The van der Waals surface area contributed by atoms with Crippen LogP contribution in [0.3, 0.4) is 0 Å². The van der Waals surface area contributed by atoms with Gasteiger partial charge in [0, 0.05) is 25.7 Å². The van der Waals surface area contributed by atoms with Crippen molar-refractivity contribution in [3.8, 4) is 0 Å². The highest BCUT2D eigenvalue weighted by atomic mass is 16.5. The molecule has 0 aromatic carbocycles. The second-order valence-corrected chi connectivity index (χ2v) is 5.13. The molecule has 2 heterocycles. The summed E-state index contributed by atoms with van der Waals surface area (Å²) in [6.07, 6.45) is 6.66. The van der Waals surface area contributed by atoms with Gasteiger partial charge in [0.05, 0.1) is 24.1 Å². The third-order valence-corrected chi connectivity index (χ3v) is 3.05. The lowest BCUT2D eigenvalue weighted by Gasteiger charge is -2.09. The number of anilines is 1. The lowest BCUT2D eigenvalue weighted by atomic mass is 10.1. The lowest BCUT2D eigenvalue weighted by Crippen LogP contribution is -2.13. The van der Waals surface area contributed by atoms with Crippen molar-refractivity contribution in [1.29, 1.82) is 0 Å². The zero-order valence-electron chi connectivity index (χ0n) is 12.5. The third kappa shape index (κ3) is 4.10. The standard InChI is InChI=1S/C16H19N3O2/c1-11(2)13-5-15(9-18-7-13)19-16(20)14-4-12(10-21-3)6-17-8-14/h4-9,11H,10H2,1-3H3,(H,19,20). The quantitative estimate of drug-likeness (QED) is 0.917. The lowest BCUT2D eigenvalue weighted by molar-refractivity contribution is 0.102. The van der Waals surface area contributed by atoms with Gasteiger partial charge in [-0.1, -0.05) is 13.8 Å². The molecular weight excluding hydrogens is 266 g/mol. The first-order chi connectivity index (χ1) is 10.1. The minimum absolute atomic E-state index is 0.205. The molecule has 1 amide bonds. The van der Waals surface area contributed by atoms with Gasteiger partial charge in [0.25, 0.3) is 5.91 Å². The van der Waals surface area contributed by atoms with Gasteiger partial charge in [-0.2, -0.15) is 0 Å². The normalized spacial score (nSPS) is 10.7. The van der Waals surface area contributed by atoms with E-state index in [2.05, 4.69) is 29.1 Å². The monoisotopic (exact) mass is 285 g/mol. The Bertz CT molecular complexity index is 626. The number of aromatic nitrogens is 2. The maximum Gasteiger partial charge on any atom is 0.257 e. The molecule has 0 saturated heterocycles. The van der Waals surface area contributed by atoms with Gasteiger partial charge in [0.1, 0.15) is 0 Å². The third-order valence-electron chi connectivity index (χ3n) is 3.05. The van der Waals surface area contributed by atoms with Gasteiger partial charge < -0.3 is 10.1 Å². The van der Waals surface area contributed by atoms with Crippen LogP contribution >= 0.6 is 0 Å². The van der Waals surface area contributed by atoms with Crippen molar-refractivity contribution in [3.05, 3.63) is 53.6 Å². The van der Waals surface area contributed by atoms with Crippen LogP contribution in [0.1, 0.15) is 41.3 Å². The molecule has 2 aromatic rings. The maximum absolute atomic E-state index is 12.2. The molecule has 2 rings (SSSR count). The number of hydrogen-bond donors (Lipinski definition) is 1. The van der Waals surface area contributed by atoms with E-state index >= 15 is 0 Å². The van der Waals surface area contributed by atoms with Crippen LogP contribution in [0.5, 0.6) is 0 Å². The Balaban J connectivity index is 2.14. The molecule has 2 aromatic heterocycles. The highest BCUT2D eigenvalue weighted by molar-refractivity contribution is 6.04. The predicted molar refractivity (Wildman–Crippen MR) is 81.2 cm³/mol. The molecule has 0 aliphatic rings. The van der Waals surface area contributed by atoms with E-state index in [0.717, 1.165) is 11.1 Å². The molecule has 5 nitrogen and oxygen atoms in total. The highest BCUT2D eigenvalue weighted by Gasteiger charge is 2.09. The van der Waals surface area contributed by atoms with Crippen LogP contribution in [-0.4, -0.2) is 23.0 Å². The molecule has 1 N–H and O–H groups in total. The Labute approximate surface area is 124 Å². The molecule has 0 spiro atoms. The second-order valence-electron chi connectivity index (χ2n) is 5.13. The van der Waals surface area contributed by atoms with Crippen molar-refractivity contribution < 1.29 is 9.53 Å². The summed E-state index contributed by atoms with van der Waals surface area (Å²) in [5, 5.41) is 2.84. The molecule has 0 bridgehead atoms. The number of methoxy groups -OCH3 is 1. The molecule has 0 saturated carbocycles. The summed E-state index contributed by atoms with van der Waals surface area (Å²) in [7, 11) is 1.61. The van der Waals surface area contributed by atoms with E-state index in [1.54, 1.807) is 31.8 Å². The minimum Gasteiger partial charge on any atom is -0.380 e. The van der Waals surface area contributed by atoms with E-state index in [1.165, 1.54) is 6.20 Å². The van der Waals surface area contributed by atoms with Gasteiger partial charge in [-0.15, -0.1) is 0 Å². The van der Waals surface area contributed by atoms with Crippen LogP contribution in [-0.2, 0) is 11.3 Å². The molecule has 110 valence electrons. The van der Waals surface area contributed by atoms with E-state index in [9.17, 15) is 4.79 Å². The van der Waals surface area contributed by atoms with Crippen LogP contribution in [0.2, 0.25) is 0 Å². The van der Waals surface area contributed by atoms with Gasteiger partial charge in [-0.05, 0) is 29.2 Å². The van der Waals surface area contributed by atoms with Crippen molar-refractivity contribution >= 4 is 11.6 Å². The first kappa shape index (κ1) is 15.1. The number of nitrogens with zero attached hydrogens (tertiary/aromatic N) is 2. The summed E-state index contributed by atoms with van der Waals surface area (Å²) >= 11 is 0. The Morgan fingerprint density at radius 3 is 2.67 bits per heavy atom. The maximum atomic E-state index is 12.2. The van der Waals surface area contributed by atoms with E-state index in [0.29, 0.717) is 23.8 Å². The Morgan fingerprint density at radius 2 is 1.95 bits per heavy atom. The fourth-order valence-electron chi connectivity index (χ4n) is 1.90. The van der Waals surface area contributed by atoms with Crippen molar-refractivity contribution in [2.75, 3.05) is 12.4 Å². The number of rotatable bonds is 5. The summed E-state index contributed by atoms with van der Waals surface area (Å²) in [5.41, 5.74) is 3.13. The highest BCUT2D eigenvalue weighted by Crippen LogP contribution is 2.17. The fraction of sp³-hybridized carbons (Fsp3) is 0.312. The molecule has 0 radical (unpaired) electrons. The Hall–Kier alpha value is -2.27. The first-order valence-corrected chi connectivity index (χ1v) is 6.79. The number of amides is 1. The predicted octanol–water partition coefficient (Wildman–Crippen LogP) is 3.00. The van der Waals surface area contributed by atoms with Crippen LogP contribution < -0.4 is 5.32 Å². The van der Waals surface area contributed by atoms with E-state index in [1.807, 2.05) is 6.07 Å². The summed E-state index contributed by atoms with van der Waals surface area (Å²) in [4.78, 5) is 20.4. The molecule has 0 unspecified atom stereocenters. The molecule has 0 atom stereocenters. The molecule has 5 heteroatoms. The number of carbonyl (C=O) groups is 1. The fourth-order valence-corrected chi connectivity index (χ4v) is 1.90. The molecular formula is C16H19N3O2. The second kappa shape index (κ2) is 6.95. The summed E-state index contributed by atoms with van der Waals surface area (Å²) < 4.78 is 5.04. The van der Waals surface area contributed by atoms with Gasteiger partial charge in [0.2, 0.25) is 0 Å². The van der Waals surface area contributed by atoms with Gasteiger partial charge >= 0.3 is 0 Å². The van der Waals surface area contributed by atoms with Crippen molar-refractivity contribution in [2.24, 2.45) is 0 Å². The SMILES string of the molecule is COCc1cncc(C(=O)Nc2cncc(C(C)C)c2)c1. The number of carbonyl (C=O) groups excluding carboxylic acids is 1. The zero-order chi connectivity index (χ0) is 15.2. The number of nitrogens with one attached hydrogen (secondary N) is 1. The summed E-state index contributed by atoms with van der Waals surface area (Å²) in [5.74, 6) is 0.157. The molecule has 0 aliphatic heterocycles. The van der Waals surface area contributed by atoms with E-state index in [-0.39, 0.29) is 5.91 Å². The summed E-state index contributed by atoms with van der Waals surface area (Å²) in [6, 6.07) is 3.70. The van der Waals surface area contributed by atoms with E-state index in [4.69, 9.17) is 4.74 Å². The first-order valence-electron chi connectivity index (χ1n) is 6.79. The average Bonchev–Trinajstić information content (AvgIpc) is 2.48. The molecule has 0 fully saturated rings. The Morgan fingerprint density at radius 1 is 1.19 bits per heavy atom. The van der Waals surface area contributed by atoms with Crippen molar-refractivity contribution in [2.45, 2.75) is 26.4 Å². The van der Waals surface area contributed by atoms with Gasteiger partial charge in [-0.25, -0.2) is 0 Å². The number of ether oxygens (including phenoxy) is 1. The van der Waals surface area contributed by atoms with Crippen LogP contribution in [0.15, 0.2) is 36.9 Å². The van der Waals surface area contributed by atoms with E-state index < -0.39 is 0 Å². The smallest absolute Gasteiger partial charge is 0.257 e. The van der Waals surface area contributed by atoms with Crippen molar-refractivity contribution in [3.63, 3.8) is 0 Å². The molecule has 0 aliphatic carbocycles. The summed E-state index contributed by atoms with van der Waals surface area (Å²) in [6.45, 7) is 4.60. The topological polar surface area (TPSA) is 64.1 Å². The number of hydrogen-bond acceptors (Lipinski definition) is 4. The van der Waals surface area contributed by atoms with Gasteiger partial charge in [0.15, 0.2) is 0 Å². The average molecular weight is 285 g/mol. The van der Waals surface area contributed by atoms with Crippen LogP contribution in [0.25, 0.3) is 0 Å². The minimum atomic E-state index is -0.205. The molecule has 21 heavy (non-hydrogen) atoms. The zero-order valence-corrected chi connectivity index (χ0v) is 12.5. The van der Waals surface area contributed by atoms with Gasteiger partial charge in [-0.3, -0.25) is 14.8 Å². The van der Waals surface area contributed by atoms with Crippen LogP contribution in [0, 0.1) is 0 Å².